The molecule has 4 rings (SSSR count). The lowest BCUT2D eigenvalue weighted by atomic mass is 9.84. The van der Waals surface area contributed by atoms with Crippen LogP contribution in [0.3, 0.4) is 0 Å². The van der Waals surface area contributed by atoms with E-state index >= 15 is 0 Å². The summed E-state index contributed by atoms with van der Waals surface area (Å²) in [4.78, 5) is 20.0. The molecule has 2 heterocycles. The third kappa shape index (κ3) is 7.52. The molecule has 2 aromatic rings. The van der Waals surface area contributed by atoms with Gasteiger partial charge < -0.3 is 25.7 Å². The minimum atomic E-state index is -4.77. The summed E-state index contributed by atoms with van der Waals surface area (Å²) in [5.74, 6) is -0.778. The van der Waals surface area contributed by atoms with Crippen LogP contribution in [0.1, 0.15) is 62.0 Å². The number of anilines is 1. The van der Waals surface area contributed by atoms with Gasteiger partial charge in [-0.05, 0) is 73.8 Å². The minimum Gasteiger partial charge on any atom is -0.465 e. The molecule has 12 heteroatoms. The number of hydrogen-bond acceptors (Lipinski definition) is 8. The first-order valence-corrected chi connectivity index (χ1v) is 13.5. The highest BCUT2D eigenvalue weighted by Gasteiger charge is 2.45. The first-order chi connectivity index (χ1) is 19.0. The van der Waals surface area contributed by atoms with Crippen molar-refractivity contribution in [3.8, 4) is 5.88 Å². The maximum Gasteiger partial charge on any atom is 0.429 e. The zero-order chi connectivity index (χ0) is 28.9. The van der Waals surface area contributed by atoms with Crippen LogP contribution < -0.4 is 16.2 Å². The summed E-state index contributed by atoms with van der Waals surface area (Å²) in [5.41, 5.74) is 13.8. The highest BCUT2D eigenvalue weighted by atomic mass is 35.5. The number of allylic oxidation sites excluding steroid dienone is 2. The molecule has 0 spiro atoms. The molecule has 1 aliphatic carbocycles. The maximum atomic E-state index is 14.4. The van der Waals surface area contributed by atoms with Crippen LogP contribution in [-0.2, 0) is 14.3 Å². The lowest BCUT2D eigenvalue weighted by Crippen LogP contribution is -2.34. The number of benzene rings is 1. The van der Waals surface area contributed by atoms with Crippen LogP contribution in [0.25, 0.3) is 11.1 Å². The second kappa shape index (κ2) is 13.0. The van der Waals surface area contributed by atoms with E-state index in [0.717, 1.165) is 12.0 Å². The van der Waals surface area contributed by atoms with Gasteiger partial charge in [0.15, 0.2) is 0 Å². The Balaban J connectivity index is 1.57. The lowest BCUT2D eigenvalue weighted by Gasteiger charge is -2.26. The average Bonchev–Trinajstić information content (AvgIpc) is 2.92. The largest absolute Gasteiger partial charge is 0.465 e. The molecule has 0 radical (unpaired) electrons. The number of alkyl halides is 3. The van der Waals surface area contributed by atoms with Crippen LogP contribution in [-0.4, -0.2) is 48.0 Å². The maximum absolute atomic E-state index is 14.4. The first kappa shape index (κ1) is 29.8. The lowest BCUT2D eigenvalue weighted by molar-refractivity contribution is -0.198. The number of nitrogen functional groups attached to an aromatic ring is 1. The third-order valence-electron chi connectivity index (χ3n) is 6.84. The van der Waals surface area contributed by atoms with E-state index in [-0.39, 0.29) is 36.5 Å². The Morgan fingerprint density at radius 3 is 2.67 bits per heavy atom. The molecule has 216 valence electrons. The van der Waals surface area contributed by atoms with Crippen LogP contribution in [0.15, 0.2) is 36.4 Å². The van der Waals surface area contributed by atoms with Crippen LogP contribution in [0.2, 0.25) is 5.02 Å². The van der Waals surface area contributed by atoms with Crippen molar-refractivity contribution >= 4 is 34.7 Å². The van der Waals surface area contributed by atoms with E-state index in [0.29, 0.717) is 54.1 Å². The summed E-state index contributed by atoms with van der Waals surface area (Å²) >= 11 is 6.15. The number of carbonyl (C=O) groups excluding carboxylic acids is 1. The Morgan fingerprint density at radius 1 is 1.23 bits per heavy atom. The van der Waals surface area contributed by atoms with Gasteiger partial charge in [-0.25, -0.2) is 4.98 Å². The van der Waals surface area contributed by atoms with Crippen LogP contribution in [0.4, 0.5) is 19.1 Å². The van der Waals surface area contributed by atoms with Crippen molar-refractivity contribution in [1.29, 1.82) is 0 Å². The first-order valence-electron chi connectivity index (χ1n) is 13.1. The number of hydrogen-bond donors (Lipinski definition) is 2. The van der Waals surface area contributed by atoms with Crippen LogP contribution >= 0.6 is 11.6 Å². The van der Waals surface area contributed by atoms with Crippen molar-refractivity contribution in [2.75, 3.05) is 25.6 Å². The van der Waals surface area contributed by atoms with Crippen LogP contribution in [0, 0.1) is 5.92 Å². The van der Waals surface area contributed by atoms with Crippen molar-refractivity contribution < 1.29 is 32.2 Å². The van der Waals surface area contributed by atoms with Gasteiger partial charge in [-0.2, -0.15) is 18.2 Å². The van der Waals surface area contributed by atoms with E-state index in [2.05, 4.69) is 9.97 Å². The predicted octanol–water partition coefficient (Wildman–Crippen LogP) is 5.66. The van der Waals surface area contributed by atoms with Gasteiger partial charge in [-0.1, -0.05) is 29.8 Å². The summed E-state index contributed by atoms with van der Waals surface area (Å²) in [6.07, 6.45) is -0.354. The van der Waals surface area contributed by atoms with Gasteiger partial charge in [0.25, 0.3) is 0 Å². The van der Waals surface area contributed by atoms with E-state index in [1.54, 1.807) is 6.92 Å². The monoisotopic (exact) mass is 580 g/mol. The molecule has 1 aromatic heterocycles. The average molecular weight is 581 g/mol. The van der Waals surface area contributed by atoms with E-state index in [1.165, 1.54) is 24.3 Å². The fourth-order valence-electron chi connectivity index (χ4n) is 4.92. The molecule has 2 aliphatic rings. The molecule has 1 aromatic carbocycles. The molecule has 1 aliphatic heterocycles. The topological polar surface area (TPSA) is 123 Å². The van der Waals surface area contributed by atoms with Crippen molar-refractivity contribution in [2.45, 2.75) is 57.3 Å². The molecular weight excluding hydrogens is 549 g/mol. The molecule has 3 atom stereocenters. The summed E-state index contributed by atoms with van der Waals surface area (Å²) < 4.78 is 59.2. The normalized spacial score (nSPS) is 19.3. The van der Waals surface area contributed by atoms with Gasteiger partial charge in [-0.15, -0.1) is 0 Å². The number of nitrogens with zero attached hydrogens (tertiary/aromatic N) is 2. The number of rotatable bonds is 9. The molecule has 0 saturated heterocycles. The molecule has 0 amide bonds. The zero-order valence-electron chi connectivity index (χ0n) is 22.0. The highest BCUT2D eigenvalue weighted by molar-refractivity contribution is 6.30. The summed E-state index contributed by atoms with van der Waals surface area (Å²) in [6.45, 7) is 2.65. The van der Waals surface area contributed by atoms with Crippen molar-refractivity contribution in [3.63, 3.8) is 0 Å². The Bertz CT molecular complexity index is 1280. The Kier molecular flexibility index (Phi) is 9.70. The highest BCUT2D eigenvalue weighted by Crippen LogP contribution is 2.41. The SMILES string of the molecule is CCOC(=O)[C@@H](N)CC1CC=C(c2cc(O[C@H](c3ccc(Cl)cc3C3=CCCOC3)C(F)(F)F)nc(N)n2)CC1. The predicted molar refractivity (Wildman–Crippen MR) is 145 cm³/mol. The summed E-state index contributed by atoms with van der Waals surface area (Å²) in [6, 6.07) is 4.84. The van der Waals surface area contributed by atoms with Crippen LogP contribution in [0.5, 0.6) is 5.88 Å². The molecule has 0 fully saturated rings. The summed E-state index contributed by atoms with van der Waals surface area (Å²) in [7, 11) is 0. The molecule has 0 saturated carbocycles. The number of carbonyl (C=O) groups is 1. The molecular formula is C28H32ClF3N4O4. The number of halogens is 4. The summed E-state index contributed by atoms with van der Waals surface area (Å²) in [5, 5.41) is 0.297. The van der Waals surface area contributed by atoms with Crippen molar-refractivity contribution in [1.82, 2.24) is 9.97 Å². The molecule has 40 heavy (non-hydrogen) atoms. The number of nitrogens with two attached hydrogens (primary N) is 2. The van der Waals surface area contributed by atoms with Crippen molar-refractivity contribution in [2.24, 2.45) is 11.7 Å². The van der Waals surface area contributed by atoms with E-state index in [9.17, 15) is 18.0 Å². The number of esters is 1. The fourth-order valence-corrected chi connectivity index (χ4v) is 5.09. The second-order valence-corrected chi connectivity index (χ2v) is 10.2. The Labute approximate surface area is 235 Å². The van der Waals surface area contributed by atoms with Gasteiger partial charge >= 0.3 is 12.1 Å². The molecule has 1 unspecified atom stereocenters. The molecule has 4 N–H and O–H groups in total. The Morgan fingerprint density at radius 2 is 2.02 bits per heavy atom. The quantitative estimate of drug-likeness (QED) is 0.364. The smallest absolute Gasteiger partial charge is 0.429 e. The van der Waals surface area contributed by atoms with Gasteiger partial charge in [0, 0.05) is 16.7 Å². The number of ether oxygens (including phenoxy) is 3. The van der Waals surface area contributed by atoms with Gasteiger partial charge in [0.1, 0.15) is 6.04 Å². The zero-order valence-corrected chi connectivity index (χ0v) is 22.8. The van der Waals surface area contributed by atoms with E-state index in [1.807, 2.05) is 12.2 Å². The second-order valence-electron chi connectivity index (χ2n) is 9.76. The number of aromatic nitrogens is 2. The van der Waals surface area contributed by atoms with E-state index in [4.69, 9.17) is 37.3 Å². The van der Waals surface area contributed by atoms with Gasteiger partial charge in [0.2, 0.25) is 17.9 Å². The van der Waals surface area contributed by atoms with E-state index < -0.39 is 24.3 Å². The van der Waals surface area contributed by atoms with Crippen molar-refractivity contribution in [3.05, 3.63) is 58.3 Å². The third-order valence-corrected chi connectivity index (χ3v) is 7.07. The standard InChI is InChI=1S/C28H32ClF3N4O4/c1-2-39-26(37)22(33)12-16-5-7-17(8-6-16)23-14-24(36-27(34)35-23)40-25(28(30,31)32)20-10-9-19(29)13-21(20)18-4-3-11-38-15-18/h4,7,9-10,13-14,16,22,25H,2-3,5-6,8,11-12,15,33H2,1H3,(H2,34,35,36)/t16?,22-,25+/m0/s1. The molecule has 8 nitrogen and oxygen atoms in total. The Hall–Kier alpha value is -3.15. The van der Waals surface area contributed by atoms with Gasteiger partial charge in [0.05, 0.1) is 25.5 Å². The molecule has 0 bridgehead atoms. The minimum absolute atomic E-state index is 0.106. The van der Waals surface area contributed by atoms with Gasteiger partial charge in [-0.3, -0.25) is 4.79 Å². The fraction of sp³-hybridized carbons (Fsp3) is 0.464.